The quantitative estimate of drug-likeness (QED) is 0.324. The van der Waals surface area contributed by atoms with Crippen molar-refractivity contribution < 1.29 is 13.9 Å². The minimum atomic E-state index is -0.489. The number of nitrogens with zero attached hydrogens (tertiary/aromatic N) is 6. The summed E-state index contributed by atoms with van der Waals surface area (Å²) in [4.78, 5) is 33.0. The van der Waals surface area contributed by atoms with Gasteiger partial charge >= 0.3 is 6.09 Å². The van der Waals surface area contributed by atoms with Crippen LogP contribution in [0, 0.1) is 5.82 Å². The zero-order valence-corrected chi connectivity index (χ0v) is 23.3. The average Bonchev–Trinajstić information content (AvgIpc) is 3.30. The summed E-state index contributed by atoms with van der Waals surface area (Å²) < 4.78 is 18.8. The lowest BCUT2D eigenvalue weighted by molar-refractivity contribution is 0.0139. The molecular formula is C28H32FN7O2S. The normalized spacial score (nSPS) is 14.4. The number of carbonyl (C=O) groups excluding carboxylic acids is 1. The number of amides is 1. The highest BCUT2D eigenvalue weighted by atomic mass is 32.1. The Bertz CT molecular complexity index is 1450. The van der Waals surface area contributed by atoms with E-state index in [2.05, 4.69) is 20.2 Å². The van der Waals surface area contributed by atoms with Crippen molar-refractivity contribution in [2.45, 2.75) is 32.9 Å². The van der Waals surface area contributed by atoms with E-state index < -0.39 is 5.60 Å². The number of thiazole rings is 1. The van der Waals surface area contributed by atoms with Crippen LogP contribution in [0.25, 0.3) is 10.3 Å². The lowest BCUT2D eigenvalue weighted by Crippen LogP contribution is -2.49. The molecule has 11 heteroatoms. The van der Waals surface area contributed by atoms with Gasteiger partial charge in [0.15, 0.2) is 5.13 Å². The van der Waals surface area contributed by atoms with Crippen molar-refractivity contribution in [2.24, 2.45) is 0 Å². The molecular weight excluding hydrogens is 517 g/mol. The first-order valence-electron chi connectivity index (χ1n) is 12.8. The van der Waals surface area contributed by atoms with Crippen LogP contribution in [0.15, 0.2) is 54.7 Å². The van der Waals surface area contributed by atoms with Crippen LogP contribution in [0.5, 0.6) is 0 Å². The second kappa shape index (κ2) is 11.1. The third kappa shape index (κ3) is 6.79. The van der Waals surface area contributed by atoms with Crippen LogP contribution in [-0.2, 0) is 11.3 Å². The van der Waals surface area contributed by atoms with Crippen molar-refractivity contribution in [2.75, 3.05) is 43.4 Å². The number of nitrogens with one attached hydrogen (secondary N) is 1. The second-order valence-electron chi connectivity index (χ2n) is 10.5. The molecule has 39 heavy (non-hydrogen) atoms. The fourth-order valence-corrected chi connectivity index (χ4v) is 5.11. The number of benzene rings is 1. The van der Waals surface area contributed by atoms with Gasteiger partial charge in [-0.05, 0) is 74.9 Å². The summed E-state index contributed by atoms with van der Waals surface area (Å²) in [6, 6.07) is 14.2. The first-order valence-corrected chi connectivity index (χ1v) is 13.6. The molecule has 1 aromatic carbocycles. The summed E-state index contributed by atoms with van der Waals surface area (Å²) in [6.07, 6.45) is 1.53. The molecule has 1 N–H and O–H groups in total. The standard InChI is InChI=1S/C28H32FN7O2S/c1-28(2,3)38-27(37)36-15-13-35(14-16-36)18-19-11-12-30-23(17-19)32-26-31-22-9-10-24(33-25(22)39-26)34(4)21-7-5-20(29)6-8-21/h5-12,17H,13-16,18H2,1-4H3,(H,30,31,32). The van der Waals surface area contributed by atoms with Gasteiger partial charge in [-0.1, -0.05) is 11.3 Å². The zero-order chi connectivity index (χ0) is 27.6. The average molecular weight is 550 g/mol. The molecule has 0 spiro atoms. The van der Waals surface area contributed by atoms with Crippen molar-refractivity contribution in [3.63, 3.8) is 0 Å². The van der Waals surface area contributed by atoms with Crippen molar-refractivity contribution in [1.29, 1.82) is 0 Å². The van der Waals surface area contributed by atoms with Crippen LogP contribution in [0.2, 0.25) is 0 Å². The molecule has 9 nitrogen and oxygen atoms in total. The molecule has 4 heterocycles. The fraction of sp³-hybridized carbons (Fsp3) is 0.357. The number of anilines is 4. The van der Waals surface area contributed by atoms with Crippen molar-refractivity contribution >= 4 is 50.2 Å². The van der Waals surface area contributed by atoms with E-state index in [1.54, 1.807) is 23.2 Å². The van der Waals surface area contributed by atoms with E-state index in [0.717, 1.165) is 47.1 Å². The summed E-state index contributed by atoms with van der Waals surface area (Å²) in [5, 5.41) is 4.02. The maximum absolute atomic E-state index is 13.3. The van der Waals surface area contributed by atoms with Gasteiger partial charge in [0.1, 0.15) is 33.4 Å². The molecule has 204 valence electrons. The Hall–Kier alpha value is -3.83. The summed E-state index contributed by atoms with van der Waals surface area (Å²) in [7, 11) is 1.90. The van der Waals surface area contributed by atoms with Gasteiger partial charge in [-0.25, -0.2) is 24.1 Å². The number of ether oxygens (including phenoxy) is 1. The molecule has 5 rings (SSSR count). The Morgan fingerprint density at radius 2 is 1.82 bits per heavy atom. The first-order chi connectivity index (χ1) is 18.6. The van der Waals surface area contributed by atoms with Crippen LogP contribution in [0.1, 0.15) is 26.3 Å². The predicted molar refractivity (Wildman–Crippen MR) is 152 cm³/mol. The minimum Gasteiger partial charge on any atom is -0.444 e. The molecule has 1 aliphatic rings. The third-order valence-electron chi connectivity index (χ3n) is 6.29. The van der Waals surface area contributed by atoms with E-state index >= 15 is 0 Å². The molecule has 1 fully saturated rings. The Kier molecular flexibility index (Phi) is 7.62. The number of fused-ring (bicyclic) bond motifs is 1. The van der Waals surface area contributed by atoms with E-state index in [1.807, 2.05) is 57.0 Å². The third-order valence-corrected chi connectivity index (χ3v) is 7.17. The predicted octanol–water partition coefficient (Wildman–Crippen LogP) is 5.79. The molecule has 0 unspecified atom stereocenters. The number of hydrogen-bond donors (Lipinski definition) is 1. The molecule has 3 aromatic heterocycles. The van der Waals surface area contributed by atoms with Crippen LogP contribution in [0.3, 0.4) is 0 Å². The van der Waals surface area contributed by atoms with Gasteiger partial charge in [0.2, 0.25) is 0 Å². The maximum atomic E-state index is 13.3. The molecule has 1 saturated heterocycles. The van der Waals surface area contributed by atoms with Crippen LogP contribution in [-0.4, -0.2) is 69.7 Å². The molecule has 1 aliphatic heterocycles. The molecule has 0 radical (unpaired) electrons. The Balaban J connectivity index is 1.20. The highest BCUT2D eigenvalue weighted by molar-refractivity contribution is 7.21. The van der Waals surface area contributed by atoms with Crippen LogP contribution < -0.4 is 10.2 Å². The Morgan fingerprint density at radius 1 is 1.08 bits per heavy atom. The van der Waals surface area contributed by atoms with E-state index in [4.69, 9.17) is 9.72 Å². The molecule has 0 atom stereocenters. The van der Waals surface area contributed by atoms with E-state index in [1.165, 1.54) is 23.5 Å². The number of pyridine rings is 2. The van der Waals surface area contributed by atoms with Gasteiger partial charge in [-0.3, -0.25) is 4.90 Å². The Morgan fingerprint density at radius 3 is 2.54 bits per heavy atom. The van der Waals surface area contributed by atoms with E-state index in [-0.39, 0.29) is 11.9 Å². The highest BCUT2D eigenvalue weighted by Crippen LogP contribution is 2.30. The summed E-state index contributed by atoms with van der Waals surface area (Å²) in [5.74, 6) is 1.19. The van der Waals surface area contributed by atoms with Gasteiger partial charge in [0, 0.05) is 51.7 Å². The topological polar surface area (TPSA) is 86.7 Å². The van der Waals surface area contributed by atoms with Crippen molar-refractivity contribution in [1.82, 2.24) is 24.8 Å². The van der Waals surface area contributed by atoms with Crippen molar-refractivity contribution in [3.05, 3.63) is 66.1 Å². The summed E-state index contributed by atoms with van der Waals surface area (Å²) in [5.41, 5.74) is 2.27. The number of hydrogen-bond acceptors (Lipinski definition) is 9. The van der Waals surface area contributed by atoms with Gasteiger partial charge in [-0.15, -0.1) is 0 Å². The van der Waals surface area contributed by atoms with Crippen LogP contribution >= 0.6 is 11.3 Å². The van der Waals surface area contributed by atoms with Gasteiger partial charge in [0.25, 0.3) is 0 Å². The van der Waals surface area contributed by atoms with Crippen molar-refractivity contribution in [3.8, 4) is 0 Å². The monoisotopic (exact) mass is 549 g/mol. The molecule has 4 aromatic rings. The summed E-state index contributed by atoms with van der Waals surface area (Å²) >= 11 is 1.45. The summed E-state index contributed by atoms with van der Waals surface area (Å²) in [6.45, 7) is 9.25. The largest absolute Gasteiger partial charge is 0.444 e. The zero-order valence-electron chi connectivity index (χ0n) is 22.5. The Labute approximate surface area is 231 Å². The lowest BCUT2D eigenvalue weighted by Gasteiger charge is -2.35. The molecule has 0 bridgehead atoms. The SMILES string of the molecule is CN(c1ccc(F)cc1)c1ccc2nc(Nc3cc(CN4CCN(C(=O)OC(C)(C)C)CC4)ccn3)sc2n1. The van der Waals surface area contributed by atoms with Crippen LogP contribution in [0.4, 0.5) is 31.6 Å². The molecule has 0 aliphatic carbocycles. The number of piperazine rings is 1. The smallest absolute Gasteiger partial charge is 0.410 e. The minimum absolute atomic E-state index is 0.253. The van der Waals surface area contributed by atoms with Gasteiger partial charge in [-0.2, -0.15) is 0 Å². The molecule has 0 saturated carbocycles. The van der Waals surface area contributed by atoms with E-state index in [9.17, 15) is 9.18 Å². The maximum Gasteiger partial charge on any atom is 0.410 e. The number of rotatable bonds is 6. The molecule has 1 amide bonds. The highest BCUT2D eigenvalue weighted by Gasteiger charge is 2.25. The lowest BCUT2D eigenvalue weighted by atomic mass is 10.2. The number of carbonyl (C=O) groups is 1. The number of aromatic nitrogens is 3. The van der Waals surface area contributed by atoms with E-state index in [0.29, 0.717) is 24.0 Å². The second-order valence-corrected chi connectivity index (χ2v) is 11.4. The van der Waals surface area contributed by atoms with Gasteiger partial charge < -0.3 is 19.9 Å². The number of halogens is 1. The van der Waals surface area contributed by atoms with Gasteiger partial charge in [0.05, 0.1) is 0 Å². The first kappa shape index (κ1) is 26.8. The fourth-order valence-electron chi connectivity index (χ4n) is 4.27.